The fraction of sp³-hybridized carbons (Fsp3) is 0.571. The van der Waals surface area contributed by atoms with Crippen LogP contribution >= 0.6 is 0 Å². The summed E-state index contributed by atoms with van der Waals surface area (Å²) in [5.74, 6) is -1.07. The van der Waals surface area contributed by atoms with Crippen LogP contribution in [0.1, 0.15) is 58.3 Å². The van der Waals surface area contributed by atoms with Crippen molar-refractivity contribution in [3.63, 3.8) is 0 Å². The molecular weight excluding hydrogens is 348 g/mol. The van der Waals surface area contributed by atoms with Crippen LogP contribution in [0.15, 0.2) is 38.0 Å². The van der Waals surface area contributed by atoms with Crippen molar-refractivity contribution in [3.8, 4) is 0 Å². The van der Waals surface area contributed by atoms with Gasteiger partial charge in [-0.05, 0) is 19.3 Å². The highest BCUT2D eigenvalue weighted by molar-refractivity contribution is 5.81. The van der Waals surface area contributed by atoms with Gasteiger partial charge in [0.2, 0.25) is 0 Å². The van der Waals surface area contributed by atoms with E-state index in [1.165, 1.54) is 6.08 Å². The van der Waals surface area contributed by atoms with Crippen molar-refractivity contribution in [2.75, 3.05) is 19.8 Å². The lowest BCUT2D eigenvalue weighted by Gasteiger charge is -2.03. The fourth-order valence-electron chi connectivity index (χ4n) is 1.78. The van der Waals surface area contributed by atoms with E-state index in [9.17, 15) is 14.4 Å². The smallest absolute Gasteiger partial charge is 0.330 e. The van der Waals surface area contributed by atoms with Crippen molar-refractivity contribution in [3.05, 3.63) is 38.0 Å². The predicted octanol–water partition coefficient (Wildman–Crippen LogP) is 4.30. The molecule has 6 nitrogen and oxygen atoms in total. The van der Waals surface area contributed by atoms with Crippen LogP contribution in [-0.2, 0) is 28.6 Å². The minimum absolute atomic E-state index is 0.323. The molecule has 0 atom stereocenters. The van der Waals surface area contributed by atoms with Crippen molar-refractivity contribution >= 4 is 17.9 Å². The first-order valence-corrected chi connectivity index (χ1v) is 9.39. The number of rotatable bonds is 15. The van der Waals surface area contributed by atoms with Gasteiger partial charge < -0.3 is 14.2 Å². The van der Waals surface area contributed by atoms with E-state index in [0.717, 1.165) is 63.5 Å². The summed E-state index contributed by atoms with van der Waals surface area (Å²) in [4.78, 5) is 31.8. The predicted molar refractivity (Wildman–Crippen MR) is 106 cm³/mol. The van der Waals surface area contributed by atoms with E-state index in [4.69, 9.17) is 14.2 Å². The highest BCUT2D eigenvalue weighted by atomic mass is 16.5. The van der Waals surface area contributed by atoms with Crippen molar-refractivity contribution in [2.45, 2.75) is 58.3 Å². The van der Waals surface area contributed by atoms with Crippen molar-refractivity contribution < 1.29 is 28.6 Å². The summed E-state index contributed by atoms with van der Waals surface area (Å²) in [6.45, 7) is 13.4. The topological polar surface area (TPSA) is 78.9 Å². The summed E-state index contributed by atoms with van der Waals surface area (Å²) in [6, 6.07) is 0. The third kappa shape index (κ3) is 23.6. The van der Waals surface area contributed by atoms with Crippen LogP contribution in [0.4, 0.5) is 0 Å². The summed E-state index contributed by atoms with van der Waals surface area (Å²) in [6.07, 6.45) is 11.5. The molecule has 0 aliphatic heterocycles. The standard InChI is InChI=1S/C13H20O4.C8H14O2/c1-3-12(14)16-10-8-6-5-7-9-11-17-13(15)4-2;1-3-5-6-7-10-8(9)4-2/h3-4H,1-2,5-11H2;4H,2-3,5-7H2,1H3. The second-order valence-electron chi connectivity index (χ2n) is 5.59. The van der Waals surface area contributed by atoms with Crippen LogP contribution in [-0.4, -0.2) is 37.7 Å². The maximum absolute atomic E-state index is 10.7. The molecular formula is C21H34O6. The highest BCUT2D eigenvalue weighted by Gasteiger charge is 1.97. The molecule has 0 bridgehead atoms. The number of ether oxygens (including phenoxy) is 3. The van der Waals surface area contributed by atoms with Crippen LogP contribution in [0.25, 0.3) is 0 Å². The minimum Gasteiger partial charge on any atom is -0.463 e. The monoisotopic (exact) mass is 382 g/mol. The van der Waals surface area contributed by atoms with Crippen LogP contribution in [0.2, 0.25) is 0 Å². The van der Waals surface area contributed by atoms with Gasteiger partial charge in [0.15, 0.2) is 0 Å². The van der Waals surface area contributed by atoms with Gasteiger partial charge in [-0.3, -0.25) is 0 Å². The summed E-state index contributed by atoms with van der Waals surface area (Å²) in [7, 11) is 0. The van der Waals surface area contributed by atoms with Gasteiger partial charge in [-0.1, -0.05) is 58.8 Å². The van der Waals surface area contributed by atoms with E-state index >= 15 is 0 Å². The number of esters is 3. The fourth-order valence-corrected chi connectivity index (χ4v) is 1.78. The summed E-state index contributed by atoms with van der Waals surface area (Å²) < 4.78 is 14.4. The minimum atomic E-state index is -0.374. The van der Waals surface area contributed by atoms with Gasteiger partial charge in [0.1, 0.15) is 0 Å². The molecule has 0 N–H and O–H groups in total. The Bertz CT molecular complexity index is 416. The van der Waals surface area contributed by atoms with E-state index in [-0.39, 0.29) is 17.9 Å². The average Bonchev–Trinajstić information content (AvgIpc) is 2.69. The van der Waals surface area contributed by atoms with Gasteiger partial charge in [-0.25, -0.2) is 14.4 Å². The largest absolute Gasteiger partial charge is 0.463 e. The molecule has 0 aromatic carbocycles. The molecule has 0 heterocycles. The zero-order chi connectivity index (χ0) is 20.8. The lowest BCUT2D eigenvalue weighted by atomic mass is 10.1. The van der Waals surface area contributed by atoms with Gasteiger partial charge in [0.25, 0.3) is 0 Å². The Morgan fingerprint density at radius 2 is 0.889 bits per heavy atom. The van der Waals surface area contributed by atoms with E-state index in [1.807, 2.05) is 0 Å². The zero-order valence-corrected chi connectivity index (χ0v) is 16.6. The van der Waals surface area contributed by atoms with Crippen LogP contribution in [0.5, 0.6) is 0 Å². The van der Waals surface area contributed by atoms with Crippen LogP contribution < -0.4 is 0 Å². The second kappa shape index (κ2) is 21.7. The number of carbonyl (C=O) groups is 3. The first-order valence-electron chi connectivity index (χ1n) is 9.39. The van der Waals surface area contributed by atoms with Crippen LogP contribution in [0, 0.1) is 0 Å². The van der Waals surface area contributed by atoms with E-state index in [2.05, 4.69) is 26.7 Å². The molecule has 154 valence electrons. The Hall–Kier alpha value is -2.37. The second-order valence-corrected chi connectivity index (χ2v) is 5.59. The lowest BCUT2D eigenvalue weighted by molar-refractivity contribution is -0.138. The quantitative estimate of drug-likeness (QED) is 0.182. The Morgan fingerprint density at radius 1 is 0.593 bits per heavy atom. The van der Waals surface area contributed by atoms with Gasteiger partial charge >= 0.3 is 17.9 Å². The zero-order valence-electron chi connectivity index (χ0n) is 16.6. The Balaban J connectivity index is 0. The van der Waals surface area contributed by atoms with Crippen molar-refractivity contribution in [1.29, 1.82) is 0 Å². The number of unbranched alkanes of at least 4 members (excludes halogenated alkanes) is 6. The Labute approximate surface area is 163 Å². The van der Waals surface area contributed by atoms with Crippen LogP contribution in [0.3, 0.4) is 0 Å². The molecule has 0 saturated carbocycles. The summed E-state index contributed by atoms with van der Waals surface area (Å²) in [5, 5.41) is 0. The number of hydrogen-bond acceptors (Lipinski definition) is 6. The lowest BCUT2D eigenvalue weighted by Crippen LogP contribution is -2.02. The third-order valence-corrected chi connectivity index (χ3v) is 3.27. The first-order chi connectivity index (χ1) is 13.0. The molecule has 0 rings (SSSR count). The molecule has 6 heteroatoms. The molecule has 27 heavy (non-hydrogen) atoms. The van der Waals surface area contributed by atoms with Crippen molar-refractivity contribution in [2.24, 2.45) is 0 Å². The van der Waals surface area contributed by atoms with E-state index in [1.54, 1.807) is 0 Å². The number of carbonyl (C=O) groups excluding carboxylic acids is 3. The van der Waals surface area contributed by atoms with Gasteiger partial charge in [0, 0.05) is 18.2 Å². The molecule has 0 aliphatic rings. The number of hydrogen-bond donors (Lipinski definition) is 0. The average molecular weight is 382 g/mol. The SMILES string of the molecule is C=CC(=O)OCCCCC.C=CC(=O)OCCCCCCCOC(=O)C=C. The maximum Gasteiger partial charge on any atom is 0.330 e. The molecule has 0 saturated heterocycles. The third-order valence-electron chi connectivity index (χ3n) is 3.27. The molecule has 0 aliphatic carbocycles. The molecule has 0 spiro atoms. The van der Waals surface area contributed by atoms with Crippen molar-refractivity contribution in [1.82, 2.24) is 0 Å². The molecule has 0 radical (unpaired) electrons. The van der Waals surface area contributed by atoms with Gasteiger partial charge in [-0.2, -0.15) is 0 Å². The Morgan fingerprint density at radius 3 is 1.19 bits per heavy atom. The van der Waals surface area contributed by atoms with Gasteiger partial charge in [-0.15, -0.1) is 0 Å². The normalized spacial score (nSPS) is 9.22. The maximum atomic E-state index is 10.7. The van der Waals surface area contributed by atoms with Gasteiger partial charge in [0.05, 0.1) is 19.8 Å². The molecule has 0 unspecified atom stereocenters. The summed E-state index contributed by atoms with van der Waals surface area (Å²) >= 11 is 0. The van der Waals surface area contributed by atoms with E-state index in [0.29, 0.717) is 19.8 Å². The molecule has 0 fully saturated rings. The molecule has 0 aromatic rings. The highest BCUT2D eigenvalue weighted by Crippen LogP contribution is 2.03. The summed E-state index contributed by atoms with van der Waals surface area (Å²) in [5.41, 5.74) is 0. The van der Waals surface area contributed by atoms with E-state index < -0.39 is 0 Å². The molecule has 0 amide bonds. The first kappa shape index (κ1) is 26.9. The Kier molecular flexibility index (Phi) is 21.6. The molecule has 0 aromatic heterocycles.